The fourth-order valence-corrected chi connectivity index (χ4v) is 7.06. The molecule has 0 amide bonds. The number of rotatable bonds is 10. The lowest BCUT2D eigenvalue weighted by Gasteiger charge is -2.39. The van der Waals surface area contributed by atoms with Crippen LogP contribution in [-0.4, -0.2) is 33.6 Å². The molecule has 2 fully saturated rings. The predicted octanol–water partition coefficient (Wildman–Crippen LogP) is 9.76. The first-order chi connectivity index (χ1) is 20.0. The number of fused-ring (bicyclic) bond motifs is 1. The Morgan fingerprint density at radius 3 is 1.72 bits per heavy atom. The second kappa shape index (κ2) is 13.9. The second-order valence-electron chi connectivity index (χ2n) is 14.6. The summed E-state index contributed by atoms with van der Waals surface area (Å²) in [6.45, 7) is 21.5. The zero-order valence-electron chi connectivity index (χ0n) is 28.4. The highest BCUT2D eigenvalue weighted by atomic mass is 16.6. The van der Waals surface area contributed by atoms with Gasteiger partial charge in [-0.3, -0.25) is 0 Å². The maximum Gasteiger partial charge on any atom is 0.121 e. The van der Waals surface area contributed by atoms with Crippen molar-refractivity contribution in [1.29, 1.82) is 0 Å². The van der Waals surface area contributed by atoms with Gasteiger partial charge in [-0.15, -0.1) is 0 Å². The molecule has 3 rings (SSSR count). The maximum absolute atomic E-state index is 10.2. The minimum Gasteiger partial charge on any atom is -0.393 e. The highest BCUT2D eigenvalue weighted by molar-refractivity contribution is 5.39. The van der Waals surface area contributed by atoms with Gasteiger partial charge in [-0.1, -0.05) is 135 Å². The molecule has 2 aliphatic carbocycles. The molecule has 0 radical (unpaired) electrons. The van der Waals surface area contributed by atoms with E-state index in [1.807, 2.05) is 0 Å². The number of aliphatic hydroxyl groups is 2. The van der Waals surface area contributed by atoms with Gasteiger partial charge in [0.05, 0.1) is 12.2 Å². The lowest BCUT2D eigenvalue weighted by Crippen LogP contribution is -2.46. The van der Waals surface area contributed by atoms with Crippen molar-refractivity contribution < 1.29 is 14.9 Å². The number of allylic oxidation sites excluding steroid dienone is 18. The average Bonchev–Trinajstić information content (AvgIpc) is 3.49. The van der Waals surface area contributed by atoms with Crippen molar-refractivity contribution in [3.8, 4) is 0 Å². The van der Waals surface area contributed by atoms with E-state index in [1.165, 1.54) is 33.4 Å². The standard InChI is InChI=1S/C40H56O3/c1-29(17-13-19-31(3)21-22-36-33(5)25-34(41)26-37(36,6)7)15-11-12-16-30(2)18-14-20-32(4)23-24-40-38(8,9)27-35(42)28-39(40,10)43-40/h11-24,34-35,41-42H,25-28H2,1-10H3/b12-11+,17-13+,18-14+,22-21-,24-23+,29-15-,30-16+,31-19+,32-20+/t34-,35+,39-,40+/m0/s1. The maximum atomic E-state index is 10.2. The lowest BCUT2D eigenvalue weighted by atomic mass is 9.63. The van der Waals surface area contributed by atoms with E-state index in [1.54, 1.807) is 0 Å². The van der Waals surface area contributed by atoms with Gasteiger partial charge >= 0.3 is 0 Å². The number of epoxide rings is 1. The molecule has 1 heterocycles. The Morgan fingerprint density at radius 1 is 0.674 bits per heavy atom. The lowest BCUT2D eigenvalue weighted by molar-refractivity contribution is 0.0515. The van der Waals surface area contributed by atoms with Crippen molar-refractivity contribution in [2.24, 2.45) is 10.8 Å². The summed E-state index contributed by atoms with van der Waals surface area (Å²) >= 11 is 0. The highest BCUT2D eigenvalue weighted by Crippen LogP contribution is 2.66. The third-order valence-electron chi connectivity index (χ3n) is 9.34. The van der Waals surface area contributed by atoms with Gasteiger partial charge in [0.2, 0.25) is 0 Å². The van der Waals surface area contributed by atoms with Gasteiger partial charge < -0.3 is 14.9 Å². The van der Waals surface area contributed by atoms with E-state index in [4.69, 9.17) is 4.74 Å². The molecule has 0 aromatic rings. The molecule has 0 bridgehead atoms. The monoisotopic (exact) mass is 584 g/mol. The van der Waals surface area contributed by atoms with E-state index in [0.717, 1.165) is 19.3 Å². The van der Waals surface area contributed by atoms with Crippen LogP contribution < -0.4 is 0 Å². The van der Waals surface area contributed by atoms with Crippen LogP contribution in [0.25, 0.3) is 0 Å². The van der Waals surface area contributed by atoms with Gasteiger partial charge in [0.1, 0.15) is 11.2 Å². The van der Waals surface area contributed by atoms with Crippen LogP contribution in [0.2, 0.25) is 0 Å². The summed E-state index contributed by atoms with van der Waals surface area (Å²) in [4.78, 5) is 0. The van der Waals surface area contributed by atoms with E-state index in [9.17, 15) is 10.2 Å². The molecule has 4 atom stereocenters. The van der Waals surface area contributed by atoms with Crippen LogP contribution in [0.4, 0.5) is 0 Å². The van der Waals surface area contributed by atoms with Gasteiger partial charge in [-0.05, 0) is 77.9 Å². The molecule has 1 saturated carbocycles. The molecular weight excluding hydrogens is 528 g/mol. The van der Waals surface area contributed by atoms with Gasteiger partial charge in [0, 0.05) is 11.8 Å². The molecule has 0 aromatic heterocycles. The van der Waals surface area contributed by atoms with Gasteiger partial charge in [0.25, 0.3) is 0 Å². The summed E-state index contributed by atoms with van der Waals surface area (Å²) in [6.07, 6.45) is 32.3. The first-order valence-corrected chi connectivity index (χ1v) is 15.9. The summed E-state index contributed by atoms with van der Waals surface area (Å²) in [5.74, 6) is 0. The van der Waals surface area contributed by atoms with Crippen LogP contribution in [0, 0.1) is 10.8 Å². The first kappa shape index (κ1) is 34.8. The average molecular weight is 585 g/mol. The molecule has 1 aliphatic heterocycles. The third kappa shape index (κ3) is 8.91. The van der Waals surface area contributed by atoms with E-state index < -0.39 is 0 Å². The summed E-state index contributed by atoms with van der Waals surface area (Å²) < 4.78 is 6.25. The summed E-state index contributed by atoms with van der Waals surface area (Å²) in [5.41, 5.74) is 6.71. The van der Waals surface area contributed by atoms with E-state index in [-0.39, 0.29) is 34.2 Å². The zero-order chi connectivity index (χ0) is 32.1. The minimum absolute atomic E-state index is 0.00262. The Morgan fingerprint density at radius 2 is 1.19 bits per heavy atom. The molecule has 0 spiro atoms. The summed E-state index contributed by atoms with van der Waals surface area (Å²) in [5, 5.41) is 20.4. The van der Waals surface area contributed by atoms with E-state index in [2.05, 4.69) is 154 Å². The van der Waals surface area contributed by atoms with Crippen molar-refractivity contribution >= 4 is 0 Å². The smallest absolute Gasteiger partial charge is 0.121 e. The first-order valence-electron chi connectivity index (χ1n) is 15.9. The van der Waals surface area contributed by atoms with Crippen LogP contribution in [0.3, 0.4) is 0 Å². The molecule has 3 nitrogen and oxygen atoms in total. The fourth-order valence-electron chi connectivity index (χ4n) is 7.06. The number of hydrogen-bond donors (Lipinski definition) is 2. The van der Waals surface area contributed by atoms with Gasteiger partial charge in [-0.2, -0.15) is 0 Å². The SMILES string of the molecule is CC1=C(\C=C/C(C)=C/C=C/C(C)=C\C=C\C=C(C)\C=C\C=C(C)\C=C\[C@]23O[C@@]2(C)C[C@H](O)CC3(C)C)C(C)(C)C[C@@H](O)C1. The second-order valence-corrected chi connectivity index (χ2v) is 14.6. The van der Waals surface area contributed by atoms with Crippen molar-refractivity contribution in [1.82, 2.24) is 0 Å². The number of hydrogen-bond acceptors (Lipinski definition) is 3. The van der Waals surface area contributed by atoms with Crippen LogP contribution >= 0.6 is 0 Å². The minimum atomic E-state index is -0.291. The largest absolute Gasteiger partial charge is 0.393 e. The topological polar surface area (TPSA) is 53.0 Å². The van der Waals surface area contributed by atoms with Crippen molar-refractivity contribution in [2.75, 3.05) is 0 Å². The number of aliphatic hydroxyl groups excluding tert-OH is 2. The van der Waals surface area contributed by atoms with Gasteiger partial charge in [0.15, 0.2) is 0 Å². The Labute approximate surface area is 262 Å². The molecule has 1 saturated heterocycles. The van der Waals surface area contributed by atoms with Crippen LogP contribution in [0.15, 0.2) is 119 Å². The Kier molecular flexibility index (Phi) is 11.3. The molecule has 0 unspecified atom stereocenters. The quantitative estimate of drug-likeness (QED) is 0.198. The molecule has 43 heavy (non-hydrogen) atoms. The molecule has 0 aromatic carbocycles. The number of ether oxygens (including phenoxy) is 1. The molecular formula is C40H56O3. The Bertz CT molecular complexity index is 1330. The Hall–Kier alpha value is -2.72. The fraction of sp³-hybridized carbons (Fsp3) is 0.500. The highest BCUT2D eigenvalue weighted by Gasteiger charge is 2.74. The van der Waals surface area contributed by atoms with Gasteiger partial charge in [-0.25, -0.2) is 0 Å². The van der Waals surface area contributed by atoms with Crippen LogP contribution in [0.5, 0.6) is 0 Å². The Balaban J connectivity index is 1.50. The van der Waals surface area contributed by atoms with E-state index in [0.29, 0.717) is 6.42 Å². The molecule has 234 valence electrons. The molecule has 3 heteroatoms. The van der Waals surface area contributed by atoms with Crippen LogP contribution in [0.1, 0.15) is 94.9 Å². The predicted molar refractivity (Wildman–Crippen MR) is 184 cm³/mol. The molecule has 3 aliphatic rings. The third-order valence-corrected chi connectivity index (χ3v) is 9.34. The zero-order valence-corrected chi connectivity index (χ0v) is 28.4. The molecule has 2 N–H and O–H groups in total. The van der Waals surface area contributed by atoms with Crippen molar-refractivity contribution in [3.05, 3.63) is 119 Å². The normalized spacial score (nSPS) is 32.3. The van der Waals surface area contributed by atoms with Crippen molar-refractivity contribution in [2.45, 2.75) is 118 Å². The summed E-state index contributed by atoms with van der Waals surface area (Å²) in [6, 6.07) is 0. The van der Waals surface area contributed by atoms with E-state index >= 15 is 0 Å². The summed E-state index contributed by atoms with van der Waals surface area (Å²) in [7, 11) is 0. The van der Waals surface area contributed by atoms with Crippen LogP contribution in [-0.2, 0) is 4.74 Å². The van der Waals surface area contributed by atoms with Crippen molar-refractivity contribution in [3.63, 3.8) is 0 Å².